The third-order valence-electron chi connectivity index (χ3n) is 1.87. The first kappa shape index (κ1) is 11.4. The van der Waals surface area contributed by atoms with E-state index >= 15 is 0 Å². The van der Waals surface area contributed by atoms with Crippen LogP contribution in [0.5, 0.6) is 0 Å². The summed E-state index contributed by atoms with van der Waals surface area (Å²) < 4.78 is 23.9. The van der Waals surface area contributed by atoms with Gasteiger partial charge >= 0.3 is 0 Å². The summed E-state index contributed by atoms with van der Waals surface area (Å²) in [6.07, 6.45) is 0. The molecule has 0 fully saturated rings. The molecule has 0 saturated heterocycles. The number of hydrogen-bond acceptors (Lipinski definition) is 5. The van der Waals surface area contributed by atoms with Gasteiger partial charge in [0, 0.05) is 12.9 Å². The minimum Gasteiger partial charge on any atom is -0.220 e. The van der Waals surface area contributed by atoms with Crippen LogP contribution < -0.4 is 0 Å². The number of alkyl halides is 1. The highest BCUT2D eigenvalue weighted by Gasteiger charge is 2.38. The SMILES string of the molecule is Cn1nnnc1S(=O)(=O)C(C)(C)CCl. The molecule has 14 heavy (non-hydrogen) atoms. The van der Waals surface area contributed by atoms with Crippen molar-refractivity contribution < 1.29 is 8.42 Å². The fourth-order valence-corrected chi connectivity index (χ4v) is 2.37. The van der Waals surface area contributed by atoms with Crippen molar-refractivity contribution in [2.24, 2.45) is 7.05 Å². The van der Waals surface area contributed by atoms with E-state index in [1.54, 1.807) is 0 Å². The fourth-order valence-electron chi connectivity index (χ4n) is 0.768. The van der Waals surface area contributed by atoms with E-state index in [1.165, 1.54) is 20.9 Å². The summed E-state index contributed by atoms with van der Waals surface area (Å²) in [4.78, 5) is 0. The van der Waals surface area contributed by atoms with Crippen LogP contribution in [0.2, 0.25) is 0 Å². The standard InChI is InChI=1S/C6H11ClN4O2S/c1-6(2,4-7)14(12,13)5-8-9-10-11(5)3/h4H2,1-3H3. The Hall–Kier alpha value is -0.690. The third kappa shape index (κ3) is 1.61. The Morgan fingerprint density at radius 3 is 2.43 bits per heavy atom. The average molecular weight is 239 g/mol. The molecule has 1 rings (SSSR count). The number of aromatic nitrogens is 4. The van der Waals surface area contributed by atoms with E-state index in [9.17, 15) is 8.42 Å². The number of aryl methyl sites for hydroxylation is 1. The minimum absolute atomic E-state index is 0.0117. The Balaban J connectivity index is 3.30. The molecule has 0 N–H and O–H groups in total. The Morgan fingerprint density at radius 1 is 1.50 bits per heavy atom. The van der Waals surface area contributed by atoms with Gasteiger partial charge in [0.2, 0.25) is 9.84 Å². The molecule has 80 valence electrons. The summed E-state index contributed by atoms with van der Waals surface area (Å²) in [5, 5.41) is 10.0. The second kappa shape index (κ2) is 3.47. The van der Waals surface area contributed by atoms with Crippen molar-refractivity contribution >= 4 is 21.4 Å². The molecule has 0 unspecified atom stereocenters. The largest absolute Gasteiger partial charge is 0.268 e. The first-order valence-corrected chi connectivity index (χ1v) is 5.87. The Morgan fingerprint density at radius 2 is 2.07 bits per heavy atom. The lowest BCUT2D eigenvalue weighted by Gasteiger charge is -2.19. The van der Waals surface area contributed by atoms with Gasteiger partial charge in [-0.25, -0.2) is 13.1 Å². The molecule has 1 heterocycles. The number of sulfone groups is 1. The zero-order valence-corrected chi connectivity index (χ0v) is 9.67. The average Bonchev–Trinajstić information content (AvgIpc) is 2.51. The van der Waals surface area contributed by atoms with Gasteiger partial charge in [-0.3, -0.25) is 0 Å². The van der Waals surface area contributed by atoms with Crippen LogP contribution in [0.25, 0.3) is 0 Å². The molecule has 0 spiro atoms. The van der Waals surface area contributed by atoms with E-state index in [1.807, 2.05) is 0 Å². The maximum Gasteiger partial charge on any atom is 0.268 e. The zero-order valence-electron chi connectivity index (χ0n) is 8.10. The molecule has 0 aliphatic rings. The van der Waals surface area contributed by atoms with E-state index in [4.69, 9.17) is 11.6 Å². The van der Waals surface area contributed by atoms with Crippen LogP contribution in [-0.4, -0.2) is 39.3 Å². The predicted octanol–water partition coefficient (Wildman–Crippen LogP) is 0.00120. The predicted molar refractivity (Wildman–Crippen MR) is 50.8 cm³/mol. The lowest BCUT2D eigenvalue weighted by molar-refractivity contribution is 0.538. The van der Waals surface area contributed by atoms with E-state index < -0.39 is 14.6 Å². The fraction of sp³-hybridized carbons (Fsp3) is 0.833. The molecule has 0 radical (unpaired) electrons. The molecule has 0 aliphatic carbocycles. The molecular weight excluding hydrogens is 228 g/mol. The van der Waals surface area contributed by atoms with Gasteiger partial charge in [0.25, 0.3) is 5.16 Å². The lowest BCUT2D eigenvalue weighted by Crippen LogP contribution is -2.35. The highest BCUT2D eigenvalue weighted by atomic mass is 35.5. The van der Waals surface area contributed by atoms with Crippen LogP contribution in [0.1, 0.15) is 13.8 Å². The number of halogens is 1. The summed E-state index contributed by atoms with van der Waals surface area (Å²) in [5.74, 6) is -0.0117. The molecule has 0 amide bonds. The molecule has 1 aromatic heterocycles. The molecule has 0 aromatic carbocycles. The zero-order chi connectivity index (χ0) is 11.0. The topological polar surface area (TPSA) is 77.7 Å². The van der Waals surface area contributed by atoms with Gasteiger partial charge in [0.1, 0.15) is 0 Å². The van der Waals surface area contributed by atoms with Gasteiger partial charge < -0.3 is 0 Å². The summed E-state index contributed by atoms with van der Waals surface area (Å²) in [7, 11) is -2.11. The normalized spacial score (nSPS) is 13.1. The van der Waals surface area contributed by atoms with E-state index in [0.29, 0.717) is 0 Å². The summed E-state index contributed by atoms with van der Waals surface area (Å²) >= 11 is 5.59. The molecule has 1 aromatic rings. The summed E-state index contributed by atoms with van der Waals surface area (Å²) in [6, 6.07) is 0. The van der Waals surface area contributed by atoms with Crippen LogP contribution in [0, 0.1) is 0 Å². The Labute approximate surface area is 87.2 Å². The number of nitrogens with zero attached hydrogens (tertiary/aromatic N) is 4. The Bertz CT molecular complexity index is 425. The molecule has 8 heteroatoms. The molecule has 0 saturated carbocycles. The summed E-state index contributed by atoms with van der Waals surface area (Å²) in [5.41, 5.74) is 0. The monoisotopic (exact) mass is 238 g/mol. The second-order valence-corrected chi connectivity index (χ2v) is 6.23. The van der Waals surface area contributed by atoms with Crippen molar-refractivity contribution in [1.82, 2.24) is 20.2 Å². The number of tetrazole rings is 1. The van der Waals surface area contributed by atoms with Crippen molar-refractivity contribution in [2.45, 2.75) is 23.8 Å². The van der Waals surface area contributed by atoms with Crippen LogP contribution in [0.3, 0.4) is 0 Å². The maximum absolute atomic E-state index is 11.9. The second-order valence-electron chi connectivity index (χ2n) is 3.48. The molecule has 0 atom stereocenters. The van der Waals surface area contributed by atoms with Crippen LogP contribution in [0.4, 0.5) is 0 Å². The first-order chi connectivity index (χ1) is 6.33. The Kier molecular flexibility index (Phi) is 2.82. The smallest absolute Gasteiger partial charge is 0.220 e. The summed E-state index contributed by atoms with van der Waals surface area (Å²) in [6.45, 7) is 3.06. The van der Waals surface area contributed by atoms with E-state index in [-0.39, 0.29) is 11.0 Å². The van der Waals surface area contributed by atoms with Crippen molar-refractivity contribution in [2.75, 3.05) is 5.88 Å². The molecular formula is C6H11ClN4O2S. The van der Waals surface area contributed by atoms with Crippen LogP contribution >= 0.6 is 11.6 Å². The highest BCUT2D eigenvalue weighted by Crippen LogP contribution is 2.23. The van der Waals surface area contributed by atoms with Gasteiger partial charge in [-0.1, -0.05) is 5.10 Å². The lowest BCUT2D eigenvalue weighted by atomic mass is 10.2. The van der Waals surface area contributed by atoms with Crippen LogP contribution in [0.15, 0.2) is 5.16 Å². The highest BCUT2D eigenvalue weighted by molar-refractivity contribution is 7.92. The molecule has 0 aliphatic heterocycles. The van der Waals surface area contributed by atoms with Gasteiger partial charge in [-0.05, 0) is 24.3 Å². The van der Waals surface area contributed by atoms with Gasteiger partial charge in [0.05, 0.1) is 4.75 Å². The van der Waals surface area contributed by atoms with Gasteiger partial charge in [0.15, 0.2) is 0 Å². The van der Waals surface area contributed by atoms with Crippen molar-refractivity contribution in [3.63, 3.8) is 0 Å². The molecule has 0 bridgehead atoms. The van der Waals surface area contributed by atoms with Crippen molar-refractivity contribution in [3.8, 4) is 0 Å². The van der Waals surface area contributed by atoms with Crippen LogP contribution in [-0.2, 0) is 16.9 Å². The van der Waals surface area contributed by atoms with E-state index in [2.05, 4.69) is 15.5 Å². The van der Waals surface area contributed by atoms with E-state index in [0.717, 1.165) is 4.68 Å². The minimum atomic E-state index is -3.58. The molecule has 6 nitrogen and oxygen atoms in total. The number of rotatable bonds is 3. The maximum atomic E-state index is 11.9. The third-order valence-corrected chi connectivity index (χ3v) is 5.12. The van der Waals surface area contributed by atoms with Gasteiger partial charge in [-0.2, -0.15) is 0 Å². The number of hydrogen-bond donors (Lipinski definition) is 0. The van der Waals surface area contributed by atoms with Crippen molar-refractivity contribution in [3.05, 3.63) is 0 Å². The van der Waals surface area contributed by atoms with Crippen molar-refractivity contribution in [1.29, 1.82) is 0 Å². The quantitative estimate of drug-likeness (QED) is 0.693. The van der Waals surface area contributed by atoms with Gasteiger partial charge in [-0.15, -0.1) is 11.6 Å². The first-order valence-electron chi connectivity index (χ1n) is 3.86.